The third-order valence-electron chi connectivity index (χ3n) is 18.3. The molecule has 8 aromatic carbocycles. The van der Waals surface area contributed by atoms with Crippen molar-refractivity contribution < 1.29 is 60.2 Å². The molecule has 0 spiro atoms. The fraction of sp³-hybridized carbons (Fsp3) is 0.333. The van der Waals surface area contributed by atoms with Gasteiger partial charge in [-0.05, 0) is 121 Å². The summed E-state index contributed by atoms with van der Waals surface area (Å²) in [5.74, 6) is 2.59. The molecule has 2 saturated carbocycles. The zero-order chi connectivity index (χ0) is 76.7. The zero-order valence-electron chi connectivity index (χ0n) is 60.5. The van der Waals surface area contributed by atoms with Gasteiger partial charge in [-0.15, -0.1) is 13.6 Å². The lowest BCUT2D eigenvalue weighted by Gasteiger charge is -2.24. The van der Waals surface area contributed by atoms with E-state index in [9.17, 15) is 55.4 Å². The first-order valence-electron chi connectivity index (χ1n) is 35.6. The maximum Gasteiger partial charge on any atom is 0.495 e. The molecule has 1 atom stereocenters. The van der Waals surface area contributed by atoms with E-state index in [4.69, 9.17) is 10.5 Å². The lowest BCUT2D eigenvalue weighted by Crippen LogP contribution is -2.40. The number of halogens is 3. The van der Waals surface area contributed by atoms with Crippen molar-refractivity contribution >= 4 is 74.5 Å². The highest BCUT2D eigenvalue weighted by Crippen LogP contribution is 2.38. The summed E-state index contributed by atoms with van der Waals surface area (Å²) in [6.45, 7) is 15.4. The number of aromatic amines is 1. The second kappa shape index (κ2) is 39.1. The Morgan fingerprint density at radius 2 is 0.915 bits per heavy atom. The molecule has 3 heterocycles. The van der Waals surface area contributed by atoms with E-state index in [0.29, 0.717) is 42.7 Å². The van der Waals surface area contributed by atoms with Gasteiger partial charge in [0.2, 0.25) is 0 Å². The Labute approximate surface area is 628 Å². The fourth-order valence-electron chi connectivity index (χ4n) is 12.8. The number of H-pyrrole nitrogens is 1. The average molecular weight is 1560 g/mol. The monoisotopic (exact) mass is 1560 g/mol. The lowest BCUT2D eigenvalue weighted by molar-refractivity contribution is 0.00359. The van der Waals surface area contributed by atoms with Gasteiger partial charge in [-0.25, -0.2) is 30.2 Å². The van der Waals surface area contributed by atoms with Gasteiger partial charge in [0.15, 0.2) is 19.6 Å². The number of aliphatic imine (C=N–C) groups is 1. The van der Waals surface area contributed by atoms with E-state index in [0.717, 1.165) is 96.7 Å². The topological polar surface area (TPSA) is 263 Å². The van der Waals surface area contributed by atoms with Crippen LogP contribution in [0.4, 0.5) is 12.7 Å². The molecule has 13 rings (SSSR count). The van der Waals surface area contributed by atoms with Gasteiger partial charge in [-0.2, -0.15) is 8.42 Å². The van der Waals surface area contributed by atoms with Crippen molar-refractivity contribution in [3.05, 3.63) is 247 Å². The molecule has 0 bridgehead atoms. The molecule has 106 heavy (non-hydrogen) atoms. The Morgan fingerprint density at radius 1 is 0.528 bits per heavy atom. The van der Waals surface area contributed by atoms with Crippen molar-refractivity contribution in [3.8, 4) is 33.9 Å². The van der Waals surface area contributed by atoms with Gasteiger partial charge in [-0.1, -0.05) is 256 Å². The Hall–Kier alpha value is -8.10. The molecule has 2 aliphatic carbocycles. The lowest BCUT2D eigenvalue weighted by atomic mass is 9.89. The average Bonchev–Trinajstić information content (AvgIpc) is 0.918. The van der Waals surface area contributed by atoms with Crippen LogP contribution in [0.1, 0.15) is 159 Å². The molecule has 3 fully saturated rings. The van der Waals surface area contributed by atoms with Crippen LogP contribution in [0.3, 0.4) is 0 Å². The van der Waals surface area contributed by atoms with E-state index in [1.165, 1.54) is 71.1 Å². The first kappa shape index (κ1) is 83.5. The Bertz CT molecular complexity index is 4680. The molecular formula is C81H93F3N6O10S6. The predicted octanol–water partition coefficient (Wildman–Crippen LogP) is 18.7. The maximum atomic E-state index is 13.5. The minimum atomic E-state index is -5.74. The summed E-state index contributed by atoms with van der Waals surface area (Å²) < 4.78 is 154. The van der Waals surface area contributed by atoms with Crippen LogP contribution >= 0.6 is 0 Å². The van der Waals surface area contributed by atoms with E-state index in [2.05, 4.69) is 161 Å². The van der Waals surface area contributed by atoms with E-state index < -0.39 is 73.1 Å². The number of fused-ring (bicyclic) bond motifs is 1. The van der Waals surface area contributed by atoms with Crippen LogP contribution in [-0.4, -0.2) is 108 Å². The summed E-state index contributed by atoms with van der Waals surface area (Å²) in [5.41, 5.74) is 16.8. The van der Waals surface area contributed by atoms with Gasteiger partial charge in [0.1, 0.15) is 15.9 Å². The largest absolute Gasteiger partial charge is 0.744 e. The van der Waals surface area contributed by atoms with Crippen LogP contribution in [0, 0.1) is 0 Å². The van der Waals surface area contributed by atoms with Crippen molar-refractivity contribution in [2.75, 3.05) is 19.6 Å². The molecule has 2 aliphatic heterocycles. The summed E-state index contributed by atoms with van der Waals surface area (Å²) in [6, 6.07) is 72.1. The minimum absolute atomic E-state index is 0.00919. The van der Waals surface area contributed by atoms with Crippen LogP contribution in [0.2, 0.25) is 0 Å². The summed E-state index contributed by atoms with van der Waals surface area (Å²) in [4.78, 5) is 21.2. The number of aromatic nitrogens is 2. The summed E-state index contributed by atoms with van der Waals surface area (Å²) in [5, 5.41) is -4.46. The van der Waals surface area contributed by atoms with Crippen molar-refractivity contribution in [3.63, 3.8) is 0 Å². The predicted molar refractivity (Wildman–Crippen MR) is 421 cm³/mol. The third kappa shape index (κ3) is 22.1. The van der Waals surface area contributed by atoms with Crippen LogP contribution in [-0.2, 0) is 58.9 Å². The highest BCUT2D eigenvalue weighted by atomic mass is 33.2. The molecule has 4 aliphatic rings. The van der Waals surface area contributed by atoms with Crippen molar-refractivity contribution in [1.29, 1.82) is 0 Å². The molecule has 1 N–H and O–H groups in total. The maximum absolute atomic E-state index is 13.5. The van der Waals surface area contributed by atoms with Gasteiger partial charge < -0.3 is 24.5 Å². The first-order valence-corrected chi connectivity index (χ1v) is 44.8. The Kier molecular flexibility index (Phi) is 30.8. The molecular weight excluding hydrogens is 1470 g/mol. The number of nitrogens with one attached hydrogen (secondary N) is 1. The fourth-order valence-corrected chi connectivity index (χ4v) is 23.4. The second-order valence-corrected chi connectivity index (χ2v) is 39.8. The van der Waals surface area contributed by atoms with Crippen molar-refractivity contribution in [2.24, 2.45) is 4.99 Å². The quantitative estimate of drug-likeness (QED) is 0.0123. The normalized spacial score (nSPS) is 15.4. The van der Waals surface area contributed by atoms with E-state index in [1.54, 1.807) is 0 Å². The smallest absolute Gasteiger partial charge is 0.495 e. The van der Waals surface area contributed by atoms with Crippen LogP contribution in [0.5, 0.6) is 0 Å². The van der Waals surface area contributed by atoms with E-state index in [1.807, 2.05) is 94.4 Å². The molecule has 1 unspecified atom stereocenters. The Morgan fingerprint density at radius 3 is 1.28 bits per heavy atom. The van der Waals surface area contributed by atoms with Crippen molar-refractivity contribution in [2.45, 2.75) is 178 Å². The highest BCUT2D eigenvalue weighted by Gasteiger charge is 2.50. The number of nitrogens with zero attached hydrogens (tertiary/aromatic N) is 5. The summed E-state index contributed by atoms with van der Waals surface area (Å²) in [7, 11) is -23.6. The molecule has 9 aromatic rings. The molecule has 25 heteroatoms. The van der Waals surface area contributed by atoms with Crippen LogP contribution in [0.25, 0.3) is 39.4 Å². The molecule has 0 amide bonds. The number of benzene rings is 8. The molecule has 1 saturated heterocycles. The third-order valence-corrected chi connectivity index (χ3v) is 31.2. The van der Waals surface area contributed by atoms with Gasteiger partial charge in [0, 0.05) is 46.6 Å². The van der Waals surface area contributed by atoms with E-state index >= 15 is 0 Å². The van der Waals surface area contributed by atoms with Crippen molar-refractivity contribution in [1.82, 2.24) is 14.9 Å². The second-order valence-electron chi connectivity index (χ2n) is 26.8. The Balaban J connectivity index is 0.000000163. The summed E-state index contributed by atoms with van der Waals surface area (Å²) in [6.07, 6.45) is 10.6. The number of hydrogen-bond donors (Lipinski definition) is 1. The molecule has 0 radical (unpaired) electrons. The number of hydrogen-bond acceptors (Lipinski definition) is 13. The minimum Gasteiger partial charge on any atom is -0.744 e. The van der Waals surface area contributed by atoms with Crippen LogP contribution < -0.4 is 0 Å². The zero-order valence-corrected chi connectivity index (χ0v) is 65.4. The number of imidazole rings is 1. The van der Waals surface area contributed by atoms with Gasteiger partial charge in [0.05, 0.1) is 43.5 Å². The molecule has 564 valence electrons. The molecule has 16 nitrogen and oxygen atoms in total. The number of sulfone groups is 2. The van der Waals surface area contributed by atoms with Gasteiger partial charge in [-0.3, -0.25) is 4.99 Å². The van der Waals surface area contributed by atoms with Gasteiger partial charge >= 0.3 is 9.75 Å². The highest BCUT2D eigenvalue weighted by molar-refractivity contribution is 8.72. The standard InChI is InChI=1S/C21H16N2.C18H15S.C15H24O3S.C13H22N2O4S2.C7H5F3O3S2.C7H12N2/c1-4-10-16(11-5-1)19-20(17-12-6-2-7-13-17)23-21(22-19)18-14-8-3-9-15-18;1-4-10-16(11-5-1)19(17-12-6-2-7-13-17)18-14-8-3-9-15-18;1-9(2)12-7-13(10(3)4)15(19(16,17)18)14(8-12)11(5)6;14-15-13(20(16,17)11-7-3-1-4-8-11)21(18,19)12-9-5-2-6-10-12;8-7(9)14(10,15(11,12)13)6-4-2-1-3-5-6;1-3-7-8-4-2-6-9(7)5-1/h1-15H,(H,22,23);1-15H;7-11H,1-6H3,(H,16,17,18);11-12H,1-10H2;1-5H;1-6H2/q;+1;;;;/p-1. The number of amidine groups is 1. The van der Waals surface area contributed by atoms with Gasteiger partial charge in [0.25, 0.3) is 37.9 Å². The van der Waals surface area contributed by atoms with E-state index in [-0.39, 0.29) is 27.6 Å². The number of rotatable bonds is 14. The molecule has 1 aromatic heterocycles. The SMILES string of the molecule is C1CN=C2CCCN2C1.CC(C)c1cc(C(C)C)c(S(=O)(=O)[O-])c(C(C)C)c1.O=S(=O)([O-])[S+](F)(=C(F)F)c1ccccc1.[N-]=[N+]=C(S(=O)(=O)C1CCCCC1)S(=O)(=O)C1CCCCC1.c1ccc(-c2nc(-c3ccccc3)c(-c3ccccc3)[nH]2)cc1.c1ccc([S+](c2ccccc2)c2ccccc2)cc1. The van der Waals surface area contributed by atoms with Crippen LogP contribution in [0.15, 0.2) is 254 Å². The summed E-state index contributed by atoms with van der Waals surface area (Å²) >= 11 is 0. The first-order chi connectivity index (χ1) is 50.6.